The van der Waals surface area contributed by atoms with E-state index >= 15 is 0 Å². The number of ketones is 1. The van der Waals surface area contributed by atoms with Gasteiger partial charge in [0, 0.05) is 11.8 Å². The Morgan fingerprint density at radius 3 is 2.50 bits per heavy atom. The van der Waals surface area contributed by atoms with Crippen LogP contribution in [0.2, 0.25) is 0 Å². The van der Waals surface area contributed by atoms with E-state index in [1.54, 1.807) is 12.2 Å². The summed E-state index contributed by atoms with van der Waals surface area (Å²) in [4.78, 5) is 23.1. The summed E-state index contributed by atoms with van der Waals surface area (Å²) < 4.78 is 0. The predicted molar refractivity (Wildman–Crippen MR) is 98.8 cm³/mol. The van der Waals surface area contributed by atoms with E-state index in [1.807, 2.05) is 27.7 Å². The maximum Gasteiger partial charge on any atom is 0.159 e. The Hall–Kier alpha value is -1.48. The summed E-state index contributed by atoms with van der Waals surface area (Å²) >= 11 is 0. The van der Waals surface area contributed by atoms with Gasteiger partial charge in [0.1, 0.15) is 11.9 Å². The van der Waals surface area contributed by atoms with Crippen molar-refractivity contribution in [3.05, 3.63) is 34.9 Å². The number of hydrogen-bond acceptors (Lipinski definition) is 3. The summed E-state index contributed by atoms with van der Waals surface area (Å²) in [5.41, 5.74) is 0.589. The third-order valence-corrected chi connectivity index (χ3v) is 5.19. The fourth-order valence-electron chi connectivity index (χ4n) is 3.41. The lowest BCUT2D eigenvalue weighted by Gasteiger charge is -2.46. The fourth-order valence-corrected chi connectivity index (χ4v) is 3.41. The zero-order valence-electron chi connectivity index (χ0n) is 15.8. The molecule has 24 heavy (non-hydrogen) atoms. The highest BCUT2D eigenvalue weighted by Crippen LogP contribution is 2.47. The Kier molecular flexibility index (Phi) is 7.34. The van der Waals surface area contributed by atoms with E-state index in [2.05, 4.69) is 6.92 Å². The van der Waals surface area contributed by atoms with Crippen molar-refractivity contribution in [1.82, 2.24) is 0 Å². The maximum atomic E-state index is 12.6. The summed E-state index contributed by atoms with van der Waals surface area (Å²) in [7, 11) is 0. The van der Waals surface area contributed by atoms with Crippen molar-refractivity contribution >= 4 is 12.1 Å². The van der Waals surface area contributed by atoms with E-state index in [0.717, 1.165) is 48.7 Å². The van der Waals surface area contributed by atoms with Crippen molar-refractivity contribution in [3.8, 4) is 0 Å². The lowest BCUT2D eigenvalue weighted by Crippen LogP contribution is -2.49. The first-order valence-corrected chi connectivity index (χ1v) is 8.96. The second kappa shape index (κ2) is 8.57. The monoisotopic (exact) mass is 332 g/mol. The molecule has 0 amide bonds. The van der Waals surface area contributed by atoms with E-state index < -0.39 is 11.0 Å². The van der Waals surface area contributed by atoms with E-state index in [1.165, 1.54) is 12.5 Å². The van der Waals surface area contributed by atoms with Gasteiger partial charge < -0.3 is 5.11 Å². The molecular formula is C21H32O3. The fraction of sp³-hybridized carbons (Fsp3) is 0.619. The Morgan fingerprint density at radius 2 is 1.92 bits per heavy atom. The number of unbranched alkanes of at least 4 members (excludes halogenated alkanes) is 3. The van der Waals surface area contributed by atoms with Crippen molar-refractivity contribution < 1.29 is 14.7 Å². The van der Waals surface area contributed by atoms with Gasteiger partial charge in [0.05, 0.1) is 0 Å². The van der Waals surface area contributed by atoms with Crippen LogP contribution in [0.4, 0.5) is 0 Å². The smallest absolute Gasteiger partial charge is 0.159 e. The summed E-state index contributed by atoms with van der Waals surface area (Å²) in [6.45, 7) is 9.70. The van der Waals surface area contributed by atoms with Gasteiger partial charge >= 0.3 is 0 Å². The van der Waals surface area contributed by atoms with Crippen molar-refractivity contribution in [2.24, 2.45) is 5.41 Å². The lowest BCUT2D eigenvalue weighted by atomic mass is 9.62. The van der Waals surface area contributed by atoms with Gasteiger partial charge in [-0.25, -0.2) is 0 Å². The first-order chi connectivity index (χ1) is 11.2. The van der Waals surface area contributed by atoms with Crippen molar-refractivity contribution in [3.63, 3.8) is 0 Å². The highest BCUT2D eigenvalue weighted by molar-refractivity contribution is 5.98. The Bertz CT molecular complexity index is 564. The lowest BCUT2D eigenvalue weighted by molar-refractivity contribution is -0.123. The molecule has 0 aliphatic heterocycles. The second-order valence-corrected chi connectivity index (χ2v) is 7.54. The molecule has 1 aliphatic rings. The molecular weight excluding hydrogens is 300 g/mol. The molecule has 1 rings (SSSR count). The van der Waals surface area contributed by atoms with Gasteiger partial charge in [-0.2, -0.15) is 0 Å². The first kappa shape index (κ1) is 20.6. The third kappa shape index (κ3) is 4.54. The number of carbonyl (C=O) groups excluding carboxylic acids is 2. The van der Waals surface area contributed by atoms with E-state index in [9.17, 15) is 14.7 Å². The second-order valence-electron chi connectivity index (χ2n) is 7.54. The van der Waals surface area contributed by atoms with Crippen LogP contribution in [0.1, 0.15) is 73.1 Å². The Balaban J connectivity index is 3.17. The average molecular weight is 332 g/mol. The first-order valence-electron chi connectivity index (χ1n) is 8.96. The summed E-state index contributed by atoms with van der Waals surface area (Å²) in [5, 5.41) is 11.4. The van der Waals surface area contributed by atoms with E-state index in [4.69, 9.17) is 0 Å². The van der Waals surface area contributed by atoms with Crippen LogP contribution in [0.15, 0.2) is 34.9 Å². The number of hydrogen-bond donors (Lipinski definition) is 1. The molecule has 1 N–H and O–H groups in total. The molecule has 134 valence electrons. The number of rotatable bonds is 8. The highest BCUT2D eigenvalue weighted by atomic mass is 16.3. The van der Waals surface area contributed by atoms with Crippen LogP contribution < -0.4 is 0 Å². The SMILES string of the molecule is CCCCCCC1=C(C)C(O)(/C=C/C(C)=C\C=O)C(C)(C)CC1=O. The molecule has 0 spiro atoms. The minimum Gasteiger partial charge on any atom is -0.381 e. The minimum atomic E-state index is -1.17. The number of carbonyl (C=O) groups is 2. The quantitative estimate of drug-likeness (QED) is 0.303. The Labute approximate surface area is 146 Å². The van der Waals surface area contributed by atoms with E-state index in [-0.39, 0.29) is 5.78 Å². The van der Waals surface area contributed by atoms with Gasteiger partial charge in [0.2, 0.25) is 0 Å². The predicted octanol–water partition coefficient (Wildman–Crippen LogP) is 4.70. The Morgan fingerprint density at radius 1 is 1.25 bits per heavy atom. The van der Waals surface area contributed by atoms with Crippen LogP contribution in [0.25, 0.3) is 0 Å². The summed E-state index contributed by atoms with van der Waals surface area (Å²) in [6, 6.07) is 0. The molecule has 0 aromatic heterocycles. The number of aliphatic hydroxyl groups is 1. The summed E-state index contributed by atoms with van der Waals surface area (Å²) in [6.07, 6.45) is 11.2. The van der Waals surface area contributed by atoms with Crippen molar-refractivity contribution in [1.29, 1.82) is 0 Å². The minimum absolute atomic E-state index is 0.159. The molecule has 0 radical (unpaired) electrons. The van der Waals surface area contributed by atoms with Gasteiger partial charge in [0.15, 0.2) is 5.78 Å². The van der Waals surface area contributed by atoms with Gasteiger partial charge in [-0.3, -0.25) is 9.59 Å². The zero-order chi connectivity index (χ0) is 18.4. The molecule has 0 saturated carbocycles. The molecule has 1 unspecified atom stereocenters. The third-order valence-electron chi connectivity index (χ3n) is 5.19. The van der Waals surface area contributed by atoms with Gasteiger partial charge in [-0.05, 0) is 55.6 Å². The standard InChI is InChI=1S/C21H32O3/c1-6-7-8-9-10-18-17(3)21(24,13-11-16(2)12-14-22)20(4,5)15-19(18)23/h11-14,24H,6-10,15H2,1-5H3/b13-11+,16-12-. The van der Waals surface area contributed by atoms with Gasteiger partial charge in [-0.1, -0.05) is 46.1 Å². The van der Waals surface area contributed by atoms with Crippen LogP contribution >= 0.6 is 0 Å². The van der Waals surface area contributed by atoms with Crippen LogP contribution in [-0.2, 0) is 9.59 Å². The van der Waals surface area contributed by atoms with Crippen molar-refractivity contribution in [2.45, 2.75) is 78.7 Å². The normalized spacial score (nSPS) is 24.8. The molecule has 3 heteroatoms. The maximum absolute atomic E-state index is 12.6. The van der Waals surface area contributed by atoms with Gasteiger partial charge in [0.25, 0.3) is 0 Å². The van der Waals surface area contributed by atoms with Crippen LogP contribution in [0, 0.1) is 5.41 Å². The highest BCUT2D eigenvalue weighted by Gasteiger charge is 2.49. The van der Waals surface area contributed by atoms with Crippen LogP contribution in [0.5, 0.6) is 0 Å². The molecule has 0 aromatic rings. The zero-order valence-corrected chi connectivity index (χ0v) is 15.8. The number of allylic oxidation sites excluding steroid dienone is 4. The van der Waals surface area contributed by atoms with Crippen molar-refractivity contribution in [2.75, 3.05) is 0 Å². The molecule has 1 atom stereocenters. The number of Topliss-reactive ketones (excluding diaryl/α,β-unsaturated/α-hetero) is 1. The molecule has 0 heterocycles. The molecule has 0 aromatic carbocycles. The molecule has 1 aliphatic carbocycles. The molecule has 0 bridgehead atoms. The molecule has 0 saturated heterocycles. The van der Waals surface area contributed by atoms with E-state index in [0.29, 0.717) is 6.42 Å². The largest absolute Gasteiger partial charge is 0.381 e. The molecule has 3 nitrogen and oxygen atoms in total. The average Bonchev–Trinajstić information content (AvgIpc) is 2.50. The number of aldehydes is 1. The topological polar surface area (TPSA) is 54.4 Å². The molecule has 0 fully saturated rings. The van der Waals surface area contributed by atoms with Crippen LogP contribution in [0.3, 0.4) is 0 Å². The summed E-state index contributed by atoms with van der Waals surface area (Å²) in [5.74, 6) is 0.159. The van der Waals surface area contributed by atoms with Crippen LogP contribution in [-0.4, -0.2) is 22.8 Å². The van der Waals surface area contributed by atoms with Gasteiger partial charge in [-0.15, -0.1) is 0 Å².